The molecule has 16 heavy (non-hydrogen) atoms. The van der Waals surface area contributed by atoms with Gasteiger partial charge in [-0.05, 0) is 23.2 Å². The predicted octanol–water partition coefficient (Wildman–Crippen LogP) is 1.67. The van der Waals surface area contributed by atoms with E-state index in [1.54, 1.807) is 0 Å². The summed E-state index contributed by atoms with van der Waals surface area (Å²) in [4.78, 5) is 2.52. The molecule has 0 aliphatic heterocycles. The highest BCUT2D eigenvalue weighted by Gasteiger charge is 2.10. The summed E-state index contributed by atoms with van der Waals surface area (Å²) in [6, 6.07) is 3.80. The summed E-state index contributed by atoms with van der Waals surface area (Å²) in [6.07, 6.45) is 0. The number of halogens is 1. The maximum atomic E-state index is 12.2. The molecule has 0 aliphatic carbocycles. The second kappa shape index (κ2) is 4.69. The lowest BCUT2D eigenvalue weighted by atomic mass is 10.2. The maximum absolute atomic E-state index is 12.2. The van der Waals surface area contributed by atoms with Crippen molar-refractivity contribution in [2.45, 2.75) is 6.54 Å². The summed E-state index contributed by atoms with van der Waals surface area (Å²) in [6.45, 7) is -0.0375. The first kappa shape index (κ1) is 12.1. The molecule has 0 unspecified atom stereocenters. The third-order valence-electron chi connectivity index (χ3n) is 1.50. The summed E-state index contributed by atoms with van der Waals surface area (Å²) in [5.41, 5.74) is 14.1. The topological polar surface area (TPSA) is 118 Å². The van der Waals surface area contributed by atoms with Crippen molar-refractivity contribution in [3.63, 3.8) is 0 Å². The first-order valence-corrected chi connectivity index (χ1v) is 5.26. The van der Waals surface area contributed by atoms with E-state index in [0.717, 1.165) is 6.07 Å². The highest BCUT2D eigenvalue weighted by atomic mass is 32.3. The van der Waals surface area contributed by atoms with Gasteiger partial charge in [-0.2, -0.15) is 8.42 Å². The van der Waals surface area contributed by atoms with Gasteiger partial charge in [-0.25, -0.2) is 0 Å². The Kier molecular flexibility index (Phi) is 3.54. The zero-order valence-corrected chi connectivity index (χ0v) is 8.69. The first-order chi connectivity index (χ1) is 7.40. The van der Waals surface area contributed by atoms with Crippen molar-refractivity contribution in [3.05, 3.63) is 34.2 Å². The van der Waals surface area contributed by atoms with Crippen molar-refractivity contribution >= 4 is 16.2 Å². The molecule has 1 rings (SSSR count). The lowest BCUT2D eigenvalue weighted by molar-refractivity contribution is 0.440. The van der Waals surface area contributed by atoms with Gasteiger partial charge in [-0.15, -0.1) is 0 Å². The standard InChI is InChI=1S/C7H7FN4O3S/c8-16(13,14)15-7-2-5(4-11-12-10)1-6(9)3-7/h1-3H,4,9H2. The number of anilines is 1. The van der Waals surface area contributed by atoms with Crippen molar-refractivity contribution in [1.82, 2.24) is 0 Å². The number of nitrogens with zero attached hydrogens (tertiary/aromatic N) is 3. The van der Waals surface area contributed by atoms with Gasteiger partial charge in [0.05, 0.1) is 6.54 Å². The number of nitrogens with two attached hydrogens (primary N) is 1. The first-order valence-electron chi connectivity index (χ1n) is 3.95. The molecule has 0 atom stereocenters. The Morgan fingerprint density at radius 1 is 1.50 bits per heavy atom. The minimum Gasteiger partial charge on any atom is -0.399 e. The largest absolute Gasteiger partial charge is 0.488 e. The fraction of sp³-hybridized carbons (Fsp3) is 0.143. The number of hydrogen-bond donors (Lipinski definition) is 1. The van der Waals surface area contributed by atoms with Crippen LogP contribution in [0.2, 0.25) is 0 Å². The summed E-state index contributed by atoms with van der Waals surface area (Å²) in [5.74, 6) is -0.273. The molecule has 0 saturated carbocycles. The van der Waals surface area contributed by atoms with Gasteiger partial charge >= 0.3 is 10.5 Å². The van der Waals surface area contributed by atoms with Crippen LogP contribution in [-0.2, 0) is 17.0 Å². The van der Waals surface area contributed by atoms with Gasteiger partial charge in [-0.3, -0.25) is 0 Å². The zero-order chi connectivity index (χ0) is 12.2. The van der Waals surface area contributed by atoms with Crippen LogP contribution in [-0.4, -0.2) is 8.42 Å². The molecule has 86 valence electrons. The minimum absolute atomic E-state index is 0.0375. The van der Waals surface area contributed by atoms with Crippen molar-refractivity contribution in [3.8, 4) is 5.75 Å². The SMILES string of the molecule is [N-]=[N+]=NCc1cc(N)cc(OS(=O)(=O)F)c1. The van der Waals surface area contributed by atoms with Crippen LogP contribution in [0.5, 0.6) is 5.75 Å². The van der Waals surface area contributed by atoms with Crippen LogP contribution < -0.4 is 9.92 Å². The predicted molar refractivity (Wildman–Crippen MR) is 54.4 cm³/mol. The average molecular weight is 246 g/mol. The lowest BCUT2D eigenvalue weighted by Gasteiger charge is -2.04. The Labute approximate surface area is 90.7 Å². The van der Waals surface area contributed by atoms with Crippen LogP contribution in [0.25, 0.3) is 10.4 Å². The van der Waals surface area contributed by atoms with Gasteiger partial charge in [0.15, 0.2) is 0 Å². The Morgan fingerprint density at radius 3 is 2.75 bits per heavy atom. The number of benzene rings is 1. The van der Waals surface area contributed by atoms with Crippen LogP contribution in [0.4, 0.5) is 9.57 Å². The molecular formula is C7H7FN4O3S. The van der Waals surface area contributed by atoms with E-state index in [2.05, 4.69) is 14.2 Å². The van der Waals surface area contributed by atoms with E-state index < -0.39 is 10.5 Å². The molecular weight excluding hydrogens is 239 g/mol. The smallest absolute Gasteiger partial charge is 0.399 e. The molecule has 0 aliphatic rings. The van der Waals surface area contributed by atoms with E-state index >= 15 is 0 Å². The van der Waals surface area contributed by atoms with E-state index in [1.165, 1.54) is 12.1 Å². The second-order valence-electron chi connectivity index (χ2n) is 2.78. The summed E-state index contributed by atoms with van der Waals surface area (Å²) >= 11 is 0. The van der Waals surface area contributed by atoms with Gasteiger partial charge < -0.3 is 9.92 Å². The van der Waals surface area contributed by atoms with Crippen LogP contribution in [0.3, 0.4) is 0 Å². The highest BCUT2D eigenvalue weighted by Crippen LogP contribution is 2.21. The summed E-state index contributed by atoms with van der Waals surface area (Å²) in [5, 5.41) is 3.25. The molecule has 0 radical (unpaired) electrons. The molecule has 0 amide bonds. The Balaban J connectivity index is 3.02. The molecule has 9 heteroatoms. The number of azide groups is 1. The second-order valence-corrected chi connectivity index (χ2v) is 3.73. The molecule has 0 heterocycles. The van der Waals surface area contributed by atoms with Crippen molar-refractivity contribution < 1.29 is 16.5 Å². The van der Waals surface area contributed by atoms with E-state index in [0.29, 0.717) is 5.56 Å². The fourth-order valence-electron chi connectivity index (χ4n) is 1.05. The quantitative estimate of drug-likeness (QED) is 0.285. The molecule has 1 aromatic rings. The average Bonchev–Trinajstić information content (AvgIpc) is 2.10. The summed E-state index contributed by atoms with van der Waals surface area (Å²) in [7, 11) is -5.09. The van der Waals surface area contributed by atoms with E-state index in [9.17, 15) is 12.3 Å². The third kappa shape index (κ3) is 4.03. The number of nitrogen functional groups attached to an aromatic ring is 1. The maximum Gasteiger partial charge on any atom is 0.488 e. The molecule has 0 saturated heterocycles. The van der Waals surface area contributed by atoms with Crippen LogP contribution >= 0.6 is 0 Å². The highest BCUT2D eigenvalue weighted by molar-refractivity contribution is 7.81. The fourth-order valence-corrected chi connectivity index (χ4v) is 1.38. The number of hydrogen-bond acceptors (Lipinski definition) is 5. The van der Waals surface area contributed by atoms with Crippen molar-refractivity contribution in [2.75, 3.05) is 5.73 Å². The Morgan fingerprint density at radius 2 is 2.19 bits per heavy atom. The zero-order valence-electron chi connectivity index (χ0n) is 7.87. The molecule has 0 bridgehead atoms. The van der Waals surface area contributed by atoms with Gasteiger partial charge in [0.25, 0.3) is 0 Å². The molecule has 1 aromatic carbocycles. The Hall–Kier alpha value is -1.99. The van der Waals surface area contributed by atoms with Gasteiger partial charge in [0.2, 0.25) is 0 Å². The monoisotopic (exact) mass is 246 g/mol. The van der Waals surface area contributed by atoms with Gasteiger partial charge in [0.1, 0.15) is 5.75 Å². The lowest BCUT2D eigenvalue weighted by Crippen LogP contribution is -2.02. The van der Waals surface area contributed by atoms with E-state index in [-0.39, 0.29) is 18.0 Å². The number of rotatable bonds is 4. The van der Waals surface area contributed by atoms with Crippen molar-refractivity contribution in [1.29, 1.82) is 0 Å². The van der Waals surface area contributed by atoms with Crippen LogP contribution in [0.15, 0.2) is 23.3 Å². The normalized spacial score (nSPS) is 10.6. The van der Waals surface area contributed by atoms with E-state index in [4.69, 9.17) is 11.3 Å². The molecule has 2 N–H and O–H groups in total. The Bertz CT molecular complexity index is 539. The van der Waals surface area contributed by atoms with Crippen molar-refractivity contribution in [2.24, 2.45) is 5.11 Å². The molecule has 0 fully saturated rings. The van der Waals surface area contributed by atoms with Crippen LogP contribution in [0.1, 0.15) is 5.56 Å². The van der Waals surface area contributed by atoms with Gasteiger partial charge in [0, 0.05) is 16.7 Å². The molecule has 7 nitrogen and oxygen atoms in total. The van der Waals surface area contributed by atoms with Gasteiger partial charge in [-0.1, -0.05) is 9.00 Å². The summed E-state index contributed by atoms with van der Waals surface area (Å²) < 4.78 is 36.7. The molecule has 0 spiro atoms. The van der Waals surface area contributed by atoms with Crippen LogP contribution in [0, 0.1) is 0 Å². The minimum atomic E-state index is -5.09. The third-order valence-corrected chi connectivity index (χ3v) is 1.89. The molecule has 0 aromatic heterocycles. The van der Waals surface area contributed by atoms with E-state index in [1.807, 2.05) is 0 Å².